The van der Waals surface area contributed by atoms with E-state index in [1.165, 1.54) is 7.11 Å². The molecule has 0 fully saturated rings. The number of nitrogens with one attached hydrogen (secondary N) is 1. The molecule has 0 aliphatic heterocycles. The van der Waals surface area contributed by atoms with Crippen molar-refractivity contribution >= 4 is 24.8 Å². The Kier molecular flexibility index (Phi) is 28.5. The normalized spacial score (nSPS) is 7.33. The molecule has 0 aromatic heterocycles. The van der Waals surface area contributed by atoms with Gasteiger partial charge in [-0.25, -0.2) is 0 Å². The van der Waals surface area contributed by atoms with E-state index in [0.29, 0.717) is 6.61 Å². The molecule has 0 aromatic carbocycles. The minimum atomic E-state index is 0. The lowest BCUT2D eigenvalue weighted by atomic mass is 10.5. The first-order chi connectivity index (χ1) is 3.41. The van der Waals surface area contributed by atoms with Gasteiger partial charge in [-0.3, -0.25) is 9.68 Å². The van der Waals surface area contributed by atoms with Gasteiger partial charge in [-0.2, -0.15) is 0 Å². The molecule has 0 spiro atoms. The largest absolute Gasteiger partial charge is 0.280 e. The van der Waals surface area contributed by atoms with Crippen LogP contribution in [0.4, 0.5) is 0 Å². The van der Waals surface area contributed by atoms with E-state index in [0.717, 1.165) is 6.42 Å². The van der Waals surface area contributed by atoms with Crippen LogP contribution in [0.25, 0.3) is 0 Å². The van der Waals surface area contributed by atoms with Gasteiger partial charge in [0.25, 0.3) is 0 Å². The van der Waals surface area contributed by atoms with Crippen LogP contribution in [0.5, 0.6) is 0 Å². The molecule has 1 N–H and O–H groups in total. The predicted octanol–water partition coefficient (Wildman–Crippen LogP) is 1.32. The first-order valence-electron chi connectivity index (χ1n) is 2.31. The smallest absolute Gasteiger partial charge is 0.0706 e. The zero-order chi connectivity index (χ0) is 5.54. The standard InChI is InChI=1S/C4H11NO2.2ClH/c1-3-4-7-5-6-2;;/h5H,3-4H2,1-2H3;2*1H. The highest BCUT2D eigenvalue weighted by atomic mass is 35.5. The summed E-state index contributed by atoms with van der Waals surface area (Å²) in [5, 5.41) is 0. The second kappa shape index (κ2) is 15.8. The first kappa shape index (κ1) is 16.2. The molecule has 0 aliphatic carbocycles. The SMILES string of the molecule is CCCONOC.Cl.Cl. The number of hydrogen-bond acceptors (Lipinski definition) is 3. The Bertz CT molecular complexity index is 35.7. The van der Waals surface area contributed by atoms with Gasteiger partial charge in [0, 0.05) is 0 Å². The molecule has 0 aromatic rings. The predicted molar refractivity (Wildman–Crippen MR) is 40.9 cm³/mol. The van der Waals surface area contributed by atoms with Crippen molar-refractivity contribution in [2.75, 3.05) is 13.7 Å². The van der Waals surface area contributed by atoms with E-state index in [1.54, 1.807) is 0 Å². The molecule has 5 heteroatoms. The summed E-state index contributed by atoms with van der Waals surface area (Å²) in [6.45, 7) is 2.71. The van der Waals surface area contributed by atoms with Crippen molar-refractivity contribution in [3.63, 3.8) is 0 Å². The maximum absolute atomic E-state index is 4.66. The third-order valence-corrected chi connectivity index (χ3v) is 0.448. The van der Waals surface area contributed by atoms with E-state index in [4.69, 9.17) is 0 Å². The van der Waals surface area contributed by atoms with E-state index in [1.807, 2.05) is 6.92 Å². The van der Waals surface area contributed by atoms with Gasteiger partial charge in [-0.15, -0.1) is 24.8 Å². The Morgan fingerprint density at radius 2 is 1.89 bits per heavy atom. The highest BCUT2D eigenvalue weighted by Crippen LogP contribution is 1.72. The summed E-state index contributed by atoms with van der Waals surface area (Å²) in [4.78, 5) is 9.03. The van der Waals surface area contributed by atoms with Crippen LogP contribution in [-0.4, -0.2) is 13.7 Å². The molecule has 0 bridgehead atoms. The van der Waals surface area contributed by atoms with Gasteiger partial charge < -0.3 is 0 Å². The van der Waals surface area contributed by atoms with Crippen molar-refractivity contribution in [1.82, 2.24) is 5.64 Å². The second-order valence-electron chi connectivity index (χ2n) is 1.14. The molecule has 0 radical (unpaired) electrons. The zero-order valence-electron chi connectivity index (χ0n) is 5.55. The van der Waals surface area contributed by atoms with Crippen LogP contribution in [0, 0.1) is 0 Å². The fourth-order valence-corrected chi connectivity index (χ4v) is 0.203. The number of hydrogen-bond donors (Lipinski definition) is 1. The van der Waals surface area contributed by atoms with Gasteiger partial charge in [0.1, 0.15) is 0 Å². The molecule has 0 saturated carbocycles. The van der Waals surface area contributed by atoms with Gasteiger partial charge >= 0.3 is 0 Å². The van der Waals surface area contributed by atoms with Gasteiger partial charge in [0.15, 0.2) is 0 Å². The molecular weight excluding hydrogens is 165 g/mol. The molecule has 0 aliphatic rings. The van der Waals surface area contributed by atoms with Crippen molar-refractivity contribution in [2.45, 2.75) is 13.3 Å². The van der Waals surface area contributed by atoms with Gasteiger partial charge in [-0.05, 0) is 6.42 Å². The minimum absolute atomic E-state index is 0. The van der Waals surface area contributed by atoms with E-state index >= 15 is 0 Å². The van der Waals surface area contributed by atoms with Gasteiger partial charge in [0.05, 0.1) is 13.7 Å². The lowest BCUT2D eigenvalue weighted by Crippen LogP contribution is -2.12. The summed E-state index contributed by atoms with van der Waals surface area (Å²) in [6.07, 6.45) is 0.996. The molecule has 0 heterocycles. The van der Waals surface area contributed by atoms with Gasteiger partial charge in [0.2, 0.25) is 0 Å². The quantitative estimate of drug-likeness (QED) is 0.520. The molecule has 0 amide bonds. The van der Waals surface area contributed by atoms with Crippen LogP contribution >= 0.6 is 24.8 Å². The molecular formula is C4H13Cl2NO2. The van der Waals surface area contributed by atoms with Crippen molar-refractivity contribution in [3.05, 3.63) is 0 Å². The monoisotopic (exact) mass is 177 g/mol. The summed E-state index contributed by atoms with van der Waals surface area (Å²) in [5.41, 5.74) is 2.25. The van der Waals surface area contributed by atoms with Crippen molar-refractivity contribution in [3.8, 4) is 0 Å². The van der Waals surface area contributed by atoms with Crippen LogP contribution < -0.4 is 5.64 Å². The molecule has 60 valence electrons. The highest BCUT2D eigenvalue weighted by molar-refractivity contribution is 5.85. The topological polar surface area (TPSA) is 30.5 Å². The number of halogens is 2. The lowest BCUT2D eigenvalue weighted by molar-refractivity contribution is -0.151. The summed E-state index contributed by atoms with van der Waals surface area (Å²) in [7, 11) is 1.51. The van der Waals surface area contributed by atoms with Crippen LogP contribution in [0.2, 0.25) is 0 Å². The fraction of sp³-hybridized carbons (Fsp3) is 1.00. The van der Waals surface area contributed by atoms with Crippen molar-refractivity contribution in [2.24, 2.45) is 0 Å². The van der Waals surface area contributed by atoms with Crippen LogP contribution in [0.3, 0.4) is 0 Å². The molecule has 0 rings (SSSR count). The summed E-state index contributed by atoms with van der Waals surface area (Å²) in [5.74, 6) is 0. The van der Waals surface area contributed by atoms with E-state index in [9.17, 15) is 0 Å². The van der Waals surface area contributed by atoms with Crippen LogP contribution in [0.1, 0.15) is 13.3 Å². The van der Waals surface area contributed by atoms with Gasteiger partial charge in [-0.1, -0.05) is 12.6 Å². The maximum atomic E-state index is 4.66. The average molecular weight is 178 g/mol. The molecule has 9 heavy (non-hydrogen) atoms. The Labute approximate surface area is 67.8 Å². The third kappa shape index (κ3) is 17.7. The minimum Gasteiger partial charge on any atom is -0.280 e. The third-order valence-electron chi connectivity index (χ3n) is 0.448. The molecule has 3 nitrogen and oxygen atoms in total. The Morgan fingerprint density at radius 3 is 2.22 bits per heavy atom. The second-order valence-corrected chi connectivity index (χ2v) is 1.14. The Morgan fingerprint density at radius 1 is 1.33 bits per heavy atom. The Balaban J connectivity index is -0.000000180. The van der Waals surface area contributed by atoms with E-state index in [-0.39, 0.29) is 24.8 Å². The summed E-state index contributed by atoms with van der Waals surface area (Å²) in [6, 6.07) is 0. The fourth-order valence-electron chi connectivity index (χ4n) is 0.203. The summed E-state index contributed by atoms with van der Waals surface area (Å²) < 4.78 is 0. The summed E-state index contributed by atoms with van der Waals surface area (Å²) >= 11 is 0. The molecule has 0 atom stereocenters. The van der Waals surface area contributed by atoms with E-state index in [2.05, 4.69) is 15.3 Å². The maximum Gasteiger partial charge on any atom is 0.0706 e. The highest BCUT2D eigenvalue weighted by Gasteiger charge is 1.76. The lowest BCUT2D eigenvalue weighted by Gasteiger charge is -1.97. The van der Waals surface area contributed by atoms with E-state index < -0.39 is 0 Å². The molecule has 0 saturated heterocycles. The number of rotatable bonds is 4. The average Bonchev–Trinajstić information content (AvgIpc) is 1.69. The van der Waals surface area contributed by atoms with Crippen molar-refractivity contribution in [1.29, 1.82) is 0 Å². The van der Waals surface area contributed by atoms with Crippen molar-refractivity contribution < 1.29 is 9.68 Å². The first-order valence-corrected chi connectivity index (χ1v) is 2.31. The molecule has 0 unspecified atom stereocenters. The van der Waals surface area contributed by atoms with Crippen LogP contribution in [0.15, 0.2) is 0 Å². The zero-order valence-corrected chi connectivity index (χ0v) is 7.18. The van der Waals surface area contributed by atoms with Crippen LogP contribution in [-0.2, 0) is 9.68 Å². The Hall–Kier alpha value is 0.460.